The van der Waals surface area contributed by atoms with Gasteiger partial charge in [0.1, 0.15) is 29.9 Å². The normalized spacial score (nSPS) is 14.6. The predicted octanol–water partition coefficient (Wildman–Crippen LogP) is -2.17. The summed E-state index contributed by atoms with van der Waals surface area (Å²) in [7, 11) is 0. The van der Waals surface area contributed by atoms with Crippen molar-refractivity contribution in [2.24, 2.45) is 11.7 Å². The largest absolute Gasteiger partial charge is 0.508 e. The molecule has 1 rings (SSSR count). The van der Waals surface area contributed by atoms with E-state index in [-0.39, 0.29) is 24.5 Å². The van der Waals surface area contributed by atoms with Crippen molar-refractivity contribution in [3.05, 3.63) is 29.8 Å². The van der Waals surface area contributed by atoms with Crippen LogP contribution in [-0.4, -0.2) is 81.5 Å². The summed E-state index contributed by atoms with van der Waals surface area (Å²) in [5.41, 5.74) is 6.11. The molecule has 0 aliphatic carbocycles. The van der Waals surface area contributed by atoms with Crippen LogP contribution in [-0.2, 0) is 25.6 Å². The number of hydrogen-bond acceptors (Lipinski definition) is 8. The molecule has 0 saturated heterocycles. The van der Waals surface area contributed by atoms with Gasteiger partial charge in [-0.1, -0.05) is 26.0 Å². The van der Waals surface area contributed by atoms with E-state index < -0.39 is 61.1 Å². The second kappa shape index (κ2) is 13.4. The minimum absolute atomic E-state index is 0.0108. The maximum atomic E-state index is 13.0. The van der Waals surface area contributed by atoms with Crippen LogP contribution in [0, 0.1) is 5.92 Å². The van der Waals surface area contributed by atoms with Crippen molar-refractivity contribution in [3.63, 3.8) is 0 Å². The molecule has 0 saturated carbocycles. The van der Waals surface area contributed by atoms with Crippen LogP contribution in [0.2, 0.25) is 0 Å². The van der Waals surface area contributed by atoms with Crippen LogP contribution in [0.15, 0.2) is 24.3 Å². The van der Waals surface area contributed by atoms with Gasteiger partial charge in [-0.3, -0.25) is 14.4 Å². The van der Waals surface area contributed by atoms with Gasteiger partial charge < -0.3 is 42.1 Å². The Morgan fingerprint density at radius 3 is 1.85 bits per heavy atom. The fourth-order valence-electron chi connectivity index (χ4n) is 2.87. The monoisotopic (exact) mass is 468 g/mol. The summed E-state index contributed by atoms with van der Waals surface area (Å²) in [6.07, 6.45) is 0.145. The van der Waals surface area contributed by atoms with Gasteiger partial charge in [0.2, 0.25) is 17.7 Å². The Balaban J connectivity index is 3.08. The number of benzene rings is 1. The molecule has 1 aromatic rings. The van der Waals surface area contributed by atoms with E-state index in [4.69, 9.17) is 21.1 Å². The van der Waals surface area contributed by atoms with Crippen LogP contribution in [0.4, 0.5) is 0 Å². The zero-order chi connectivity index (χ0) is 25.1. The minimum atomic E-state index is -1.54. The fraction of sp³-hybridized carbons (Fsp3) is 0.524. The molecule has 0 heterocycles. The summed E-state index contributed by atoms with van der Waals surface area (Å²) in [4.78, 5) is 49.0. The summed E-state index contributed by atoms with van der Waals surface area (Å²) >= 11 is 0. The van der Waals surface area contributed by atoms with E-state index in [0.717, 1.165) is 0 Å². The number of phenols is 1. The number of aliphatic hydroxyl groups is 2. The topological polar surface area (TPSA) is 211 Å². The molecule has 0 spiro atoms. The number of aliphatic hydroxyl groups excluding tert-OH is 2. The summed E-state index contributed by atoms with van der Waals surface area (Å²) in [6, 6.07) is 0.764. The van der Waals surface area contributed by atoms with E-state index in [9.17, 15) is 24.3 Å². The number of phenolic OH excluding ortho intramolecular Hbond substituents is 1. The first-order valence-electron chi connectivity index (χ1n) is 10.4. The lowest BCUT2D eigenvalue weighted by Gasteiger charge is -2.25. The Hall–Kier alpha value is -3.22. The maximum absolute atomic E-state index is 13.0. The molecule has 1 aromatic carbocycles. The predicted molar refractivity (Wildman–Crippen MR) is 117 cm³/mol. The summed E-state index contributed by atoms with van der Waals surface area (Å²) in [5, 5.41) is 43.9. The molecular formula is C21H32N4O8. The van der Waals surface area contributed by atoms with Crippen molar-refractivity contribution in [1.29, 1.82) is 0 Å². The van der Waals surface area contributed by atoms with Crippen molar-refractivity contribution in [3.8, 4) is 5.75 Å². The van der Waals surface area contributed by atoms with Gasteiger partial charge in [0.25, 0.3) is 0 Å². The van der Waals surface area contributed by atoms with Crippen molar-refractivity contribution in [1.82, 2.24) is 16.0 Å². The Morgan fingerprint density at radius 1 is 0.848 bits per heavy atom. The number of rotatable bonds is 13. The highest BCUT2D eigenvalue weighted by Crippen LogP contribution is 2.12. The van der Waals surface area contributed by atoms with Gasteiger partial charge in [-0.2, -0.15) is 0 Å². The molecule has 0 radical (unpaired) electrons. The average Bonchev–Trinajstić information content (AvgIpc) is 2.76. The highest BCUT2D eigenvalue weighted by molar-refractivity contribution is 5.94. The van der Waals surface area contributed by atoms with Gasteiger partial charge in [0.05, 0.1) is 13.2 Å². The van der Waals surface area contributed by atoms with E-state index in [2.05, 4.69) is 16.0 Å². The third-order valence-electron chi connectivity index (χ3n) is 4.68. The molecule has 0 bridgehead atoms. The molecule has 4 atom stereocenters. The summed E-state index contributed by atoms with van der Waals surface area (Å²) in [6.45, 7) is 2.11. The number of aromatic hydroxyl groups is 1. The van der Waals surface area contributed by atoms with Gasteiger partial charge in [0.15, 0.2) is 0 Å². The van der Waals surface area contributed by atoms with E-state index in [1.807, 2.05) is 0 Å². The number of nitrogens with two attached hydrogens (primary N) is 1. The van der Waals surface area contributed by atoms with Crippen LogP contribution >= 0.6 is 0 Å². The van der Waals surface area contributed by atoms with Crippen LogP contribution in [0.5, 0.6) is 5.75 Å². The van der Waals surface area contributed by atoms with E-state index in [0.29, 0.717) is 5.56 Å². The highest BCUT2D eigenvalue weighted by Gasteiger charge is 2.30. The molecule has 0 aliphatic heterocycles. The number of nitrogens with one attached hydrogen (secondary N) is 3. The molecule has 0 aromatic heterocycles. The number of carbonyl (C=O) groups is 4. The zero-order valence-electron chi connectivity index (χ0n) is 18.5. The Morgan fingerprint density at radius 2 is 1.36 bits per heavy atom. The quantitative estimate of drug-likeness (QED) is 0.158. The zero-order valence-corrected chi connectivity index (χ0v) is 18.5. The molecule has 184 valence electrons. The Kier molecular flexibility index (Phi) is 11.3. The molecule has 3 amide bonds. The third-order valence-corrected chi connectivity index (χ3v) is 4.68. The number of aliphatic carboxylic acids is 1. The molecule has 4 unspecified atom stereocenters. The number of carboxylic acids is 1. The molecule has 0 aliphatic rings. The molecule has 12 nitrogen and oxygen atoms in total. The van der Waals surface area contributed by atoms with Gasteiger partial charge in [-0.15, -0.1) is 0 Å². The summed E-state index contributed by atoms with van der Waals surface area (Å²) < 4.78 is 0. The van der Waals surface area contributed by atoms with Gasteiger partial charge in [0, 0.05) is 6.42 Å². The van der Waals surface area contributed by atoms with Crippen LogP contribution in [0.25, 0.3) is 0 Å². The third kappa shape index (κ3) is 9.43. The minimum Gasteiger partial charge on any atom is -0.508 e. The number of carboxylic acid groups (broad SMARTS) is 1. The molecule has 33 heavy (non-hydrogen) atoms. The number of amides is 3. The lowest BCUT2D eigenvalue weighted by molar-refractivity contribution is -0.143. The fourth-order valence-corrected chi connectivity index (χ4v) is 2.87. The first-order chi connectivity index (χ1) is 15.5. The first kappa shape index (κ1) is 27.8. The van der Waals surface area contributed by atoms with E-state index >= 15 is 0 Å². The van der Waals surface area contributed by atoms with Gasteiger partial charge in [-0.25, -0.2) is 4.79 Å². The average molecular weight is 469 g/mol. The molecule has 9 N–H and O–H groups in total. The lowest BCUT2D eigenvalue weighted by atomic mass is 10.0. The van der Waals surface area contributed by atoms with Crippen molar-refractivity contribution < 1.29 is 39.6 Å². The smallest absolute Gasteiger partial charge is 0.328 e. The number of hydrogen-bond donors (Lipinski definition) is 8. The molecule has 0 fully saturated rings. The van der Waals surface area contributed by atoms with Crippen LogP contribution in [0.1, 0.15) is 25.8 Å². The standard InChI is InChI=1S/C21H32N4O8/c1-11(2)7-15(19(30)25-17(10-27)21(32)33)24-20(31)16(23-18(29)14(22)9-26)8-12-3-5-13(28)6-4-12/h3-6,11,14-17,26-28H,7-10,22H2,1-2H3,(H,23,29)(H,24,31)(H,25,30)(H,32,33). The summed E-state index contributed by atoms with van der Waals surface area (Å²) in [5.74, 6) is -3.81. The van der Waals surface area contributed by atoms with Crippen molar-refractivity contribution in [2.45, 2.75) is 50.9 Å². The lowest BCUT2D eigenvalue weighted by Crippen LogP contribution is -2.58. The van der Waals surface area contributed by atoms with Gasteiger partial charge >= 0.3 is 5.97 Å². The Bertz CT molecular complexity index is 815. The number of carbonyl (C=O) groups excluding carboxylic acids is 3. The van der Waals surface area contributed by atoms with Crippen LogP contribution < -0.4 is 21.7 Å². The van der Waals surface area contributed by atoms with E-state index in [1.54, 1.807) is 26.0 Å². The van der Waals surface area contributed by atoms with Gasteiger partial charge in [-0.05, 0) is 30.0 Å². The van der Waals surface area contributed by atoms with Crippen molar-refractivity contribution >= 4 is 23.7 Å². The van der Waals surface area contributed by atoms with E-state index in [1.165, 1.54) is 12.1 Å². The SMILES string of the molecule is CC(C)CC(NC(=O)C(Cc1ccc(O)cc1)NC(=O)C(N)CO)C(=O)NC(CO)C(=O)O. The Labute approximate surface area is 191 Å². The molecular weight excluding hydrogens is 436 g/mol. The molecule has 12 heteroatoms. The second-order valence-electron chi connectivity index (χ2n) is 7.99. The maximum Gasteiger partial charge on any atom is 0.328 e. The van der Waals surface area contributed by atoms with Crippen LogP contribution in [0.3, 0.4) is 0 Å². The second-order valence-corrected chi connectivity index (χ2v) is 7.99. The highest BCUT2D eigenvalue weighted by atomic mass is 16.4. The van der Waals surface area contributed by atoms with Crippen molar-refractivity contribution in [2.75, 3.05) is 13.2 Å². The first-order valence-corrected chi connectivity index (χ1v) is 10.4.